The van der Waals surface area contributed by atoms with Crippen molar-refractivity contribution in [1.82, 2.24) is 5.43 Å². The van der Waals surface area contributed by atoms with Crippen molar-refractivity contribution in [2.24, 2.45) is 5.84 Å². The lowest BCUT2D eigenvalue weighted by molar-refractivity contribution is 0.341. The molecule has 1 aliphatic heterocycles. The van der Waals surface area contributed by atoms with E-state index in [9.17, 15) is 8.42 Å². The van der Waals surface area contributed by atoms with E-state index in [4.69, 9.17) is 10.6 Å². The summed E-state index contributed by atoms with van der Waals surface area (Å²) in [5.74, 6) is 6.38. The highest BCUT2D eigenvalue weighted by atomic mass is 32.2. The number of hydrogen-bond acceptors (Lipinski definition) is 5. The van der Waals surface area contributed by atoms with Gasteiger partial charge in [0.15, 0.2) is 9.84 Å². The van der Waals surface area contributed by atoms with E-state index in [0.717, 1.165) is 23.3 Å². The van der Waals surface area contributed by atoms with Gasteiger partial charge in [0.1, 0.15) is 5.75 Å². The standard InChI is InChI=1S/C13H20N2O3S/c1-13(2,19(3,16)17)12(15-14)10-6-4-5-9-7-8-18-11(9)10/h4-6,12,15H,7-8,14H2,1-3H3. The van der Waals surface area contributed by atoms with E-state index in [1.54, 1.807) is 13.8 Å². The van der Waals surface area contributed by atoms with Crippen LogP contribution in [0.1, 0.15) is 31.0 Å². The number of hydrogen-bond donors (Lipinski definition) is 2. The molecule has 0 bridgehead atoms. The number of rotatable bonds is 4. The van der Waals surface area contributed by atoms with E-state index in [-0.39, 0.29) is 0 Å². The van der Waals surface area contributed by atoms with Crippen LogP contribution in [0.4, 0.5) is 0 Å². The lowest BCUT2D eigenvalue weighted by Crippen LogP contribution is -2.47. The van der Waals surface area contributed by atoms with Gasteiger partial charge in [0.2, 0.25) is 0 Å². The molecule has 3 N–H and O–H groups in total. The molecular weight excluding hydrogens is 264 g/mol. The predicted molar refractivity (Wildman–Crippen MR) is 74.6 cm³/mol. The fourth-order valence-corrected chi connectivity index (χ4v) is 2.97. The third kappa shape index (κ3) is 2.35. The van der Waals surface area contributed by atoms with E-state index >= 15 is 0 Å². The van der Waals surface area contributed by atoms with Crippen molar-refractivity contribution in [3.05, 3.63) is 29.3 Å². The second-order valence-corrected chi connectivity index (χ2v) is 8.01. The summed E-state index contributed by atoms with van der Waals surface area (Å²) in [7, 11) is -3.28. The third-order valence-electron chi connectivity index (χ3n) is 3.87. The largest absolute Gasteiger partial charge is 0.493 e. The van der Waals surface area contributed by atoms with Crippen LogP contribution in [-0.4, -0.2) is 26.0 Å². The summed E-state index contributed by atoms with van der Waals surface area (Å²) in [6.45, 7) is 3.96. The van der Waals surface area contributed by atoms with Crippen LogP contribution in [0.2, 0.25) is 0 Å². The van der Waals surface area contributed by atoms with Gasteiger partial charge < -0.3 is 4.74 Å². The number of benzene rings is 1. The minimum absolute atomic E-state index is 0.518. The minimum Gasteiger partial charge on any atom is -0.493 e. The van der Waals surface area contributed by atoms with Crippen LogP contribution in [0, 0.1) is 0 Å². The number of para-hydroxylation sites is 1. The first-order valence-electron chi connectivity index (χ1n) is 6.19. The van der Waals surface area contributed by atoms with Crippen molar-refractivity contribution in [1.29, 1.82) is 0 Å². The monoisotopic (exact) mass is 284 g/mol. The van der Waals surface area contributed by atoms with Crippen molar-refractivity contribution in [3.8, 4) is 5.75 Å². The van der Waals surface area contributed by atoms with Gasteiger partial charge in [0.05, 0.1) is 17.4 Å². The lowest BCUT2D eigenvalue weighted by atomic mass is 9.93. The van der Waals surface area contributed by atoms with Gasteiger partial charge in [0, 0.05) is 18.2 Å². The third-order valence-corrected chi connectivity index (χ3v) is 6.02. The summed E-state index contributed by atoms with van der Waals surface area (Å²) in [6.07, 6.45) is 2.07. The van der Waals surface area contributed by atoms with E-state index < -0.39 is 20.6 Å². The predicted octanol–water partition coefficient (Wildman–Crippen LogP) is 0.949. The Morgan fingerprint density at radius 3 is 2.68 bits per heavy atom. The SMILES string of the molecule is CC(C)(C(NN)c1cccc2c1OCC2)S(C)(=O)=O. The molecule has 0 fully saturated rings. The molecule has 5 nitrogen and oxygen atoms in total. The Morgan fingerprint density at radius 2 is 2.11 bits per heavy atom. The molecule has 0 radical (unpaired) electrons. The molecule has 1 atom stereocenters. The molecule has 0 amide bonds. The van der Waals surface area contributed by atoms with Crippen molar-refractivity contribution >= 4 is 9.84 Å². The Labute approximate surface area is 114 Å². The highest BCUT2D eigenvalue weighted by Crippen LogP contribution is 2.39. The fraction of sp³-hybridized carbons (Fsp3) is 0.538. The Hall–Kier alpha value is -1.11. The highest BCUT2D eigenvalue weighted by Gasteiger charge is 2.41. The molecule has 0 aromatic heterocycles. The lowest BCUT2D eigenvalue weighted by Gasteiger charge is -2.33. The van der Waals surface area contributed by atoms with Crippen molar-refractivity contribution < 1.29 is 13.2 Å². The van der Waals surface area contributed by atoms with Crippen LogP contribution >= 0.6 is 0 Å². The van der Waals surface area contributed by atoms with Crippen LogP contribution in [0.5, 0.6) is 5.75 Å². The van der Waals surface area contributed by atoms with Gasteiger partial charge in [-0.25, -0.2) is 8.42 Å². The molecule has 1 aliphatic rings. The average Bonchev–Trinajstić information content (AvgIpc) is 2.76. The second-order valence-electron chi connectivity index (χ2n) is 5.41. The van der Waals surface area contributed by atoms with E-state index in [1.165, 1.54) is 6.26 Å². The average molecular weight is 284 g/mol. The Kier molecular flexibility index (Phi) is 3.59. The van der Waals surface area contributed by atoms with E-state index in [2.05, 4.69) is 5.43 Å². The number of ether oxygens (including phenoxy) is 1. The molecule has 19 heavy (non-hydrogen) atoms. The van der Waals surface area contributed by atoms with Gasteiger partial charge >= 0.3 is 0 Å². The van der Waals surface area contributed by atoms with Crippen molar-refractivity contribution in [2.75, 3.05) is 12.9 Å². The number of nitrogens with two attached hydrogens (primary N) is 1. The molecule has 0 saturated carbocycles. The molecule has 106 valence electrons. The van der Waals surface area contributed by atoms with Crippen LogP contribution < -0.4 is 16.0 Å². The van der Waals surface area contributed by atoms with Crippen LogP contribution in [0.15, 0.2) is 18.2 Å². The zero-order valence-electron chi connectivity index (χ0n) is 11.4. The zero-order chi connectivity index (χ0) is 14.3. The van der Waals surface area contributed by atoms with Crippen molar-refractivity contribution in [2.45, 2.75) is 31.1 Å². The Bertz CT molecular complexity index is 582. The van der Waals surface area contributed by atoms with Gasteiger partial charge in [-0.2, -0.15) is 0 Å². The van der Waals surface area contributed by atoms with Gasteiger partial charge in [0.25, 0.3) is 0 Å². The number of nitrogens with one attached hydrogen (secondary N) is 1. The molecule has 1 aromatic rings. The summed E-state index contributed by atoms with van der Waals surface area (Å²) >= 11 is 0. The summed E-state index contributed by atoms with van der Waals surface area (Å²) in [4.78, 5) is 0. The maximum absolute atomic E-state index is 12.0. The maximum Gasteiger partial charge on any atom is 0.154 e. The molecule has 0 saturated heterocycles. The first-order chi connectivity index (χ1) is 8.79. The molecular formula is C13H20N2O3S. The van der Waals surface area contributed by atoms with Gasteiger partial charge in [-0.05, 0) is 19.4 Å². The van der Waals surface area contributed by atoms with Crippen LogP contribution in [0.25, 0.3) is 0 Å². The number of fused-ring (bicyclic) bond motifs is 1. The summed E-state index contributed by atoms with van der Waals surface area (Å²) in [5, 5.41) is 0. The van der Waals surface area contributed by atoms with Crippen LogP contribution in [0.3, 0.4) is 0 Å². The smallest absolute Gasteiger partial charge is 0.154 e. The molecule has 2 rings (SSSR count). The first kappa shape index (κ1) is 14.3. The number of hydrazine groups is 1. The molecule has 0 aliphatic carbocycles. The molecule has 1 aromatic carbocycles. The quantitative estimate of drug-likeness (QED) is 0.635. The second kappa shape index (κ2) is 4.77. The Balaban J connectivity index is 2.53. The van der Waals surface area contributed by atoms with E-state index in [0.29, 0.717) is 6.61 Å². The topological polar surface area (TPSA) is 81.4 Å². The van der Waals surface area contributed by atoms with Gasteiger partial charge in [-0.3, -0.25) is 11.3 Å². The van der Waals surface area contributed by atoms with E-state index in [1.807, 2.05) is 18.2 Å². The van der Waals surface area contributed by atoms with Crippen LogP contribution in [-0.2, 0) is 16.3 Å². The summed E-state index contributed by atoms with van der Waals surface area (Å²) < 4.78 is 28.6. The molecule has 1 unspecified atom stereocenters. The maximum atomic E-state index is 12.0. The fourth-order valence-electron chi connectivity index (χ4n) is 2.35. The normalized spacial score (nSPS) is 16.8. The molecule has 1 heterocycles. The zero-order valence-corrected chi connectivity index (χ0v) is 12.3. The molecule has 0 spiro atoms. The first-order valence-corrected chi connectivity index (χ1v) is 8.08. The highest BCUT2D eigenvalue weighted by molar-refractivity contribution is 7.92. The van der Waals surface area contributed by atoms with Gasteiger partial charge in [-0.15, -0.1) is 0 Å². The summed E-state index contributed by atoms with van der Waals surface area (Å²) in [5.41, 5.74) is 4.53. The molecule has 6 heteroatoms. The Morgan fingerprint density at radius 1 is 1.42 bits per heavy atom. The number of sulfone groups is 1. The minimum atomic E-state index is -3.28. The van der Waals surface area contributed by atoms with Crippen molar-refractivity contribution in [3.63, 3.8) is 0 Å². The summed E-state index contributed by atoms with van der Waals surface area (Å²) in [6, 6.07) is 5.25. The van der Waals surface area contributed by atoms with Gasteiger partial charge in [-0.1, -0.05) is 18.2 Å².